The first-order valence-corrected chi connectivity index (χ1v) is 31.9. The zero-order chi connectivity index (χ0) is 59.7. The van der Waals surface area contributed by atoms with Gasteiger partial charge < -0.3 is 89.9 Å². The maximum absolute atomic E-state index is 13.3. The third kappa shape index (κ3) is 29.0. The zero-order valence-corrected chi connectivity index (χ0v) is 50.0. The third-order valence-electron chi connectivity index (χ3n) is 15.8. The minimum absolute atomic E-state index is 0.232. The van der Waals surface area contributed by atoms with Gasteiger partial charge in [0.25, 0.3) is 0 Å². The molecule has 17 unspecified atom stereocenters. The van der Waals surface area contributed by atoms with E-state index in [1.807, 2.05) is 6.08 Å². The van der Waals surface area contributed by atoms with Crippen molar-refractivity contribution in [2.45, 2.75) is 317 Å². The van der Waals surface area contributed by atoms with E-state index in [0.29, 0.717) is 12.8 Å². The predicted molar refractivity (Wildman–Crippen MR) is 314 cm³/mol. The molecule has 0 aliphatic carbocycles. The van der Waals surface area contributed by atoms with Crippen LogP contribution >= 0.6 is 0 Å². The average molecular weight is 1170 g/mol. The molecule has 1 amide bonds. The molecule has 17 atom stereocenters. The van der Waals surface area contributed by atoms with E-state index in [-0.39, 0.29) is 18.9 Å². The summed E-state index contributed by atoms with van der Waals surface area (Å²) >= 11 is 0. The number of ether oxygens (including phenoxy) is 6. The van der Waals surface area contributed by atoms with Crippen molar-refractivity contribution in [1.29, 1.82) is 0 Å². The monoisotopic (exact) mass is 1170 g/mol. The van der Waals surface area contributed by atoms with Gasteiger partial charge in [-0.25, -0.2) is 0 Å². The lowest BCUT2D eigenvalue weighted by Gasteiger charge is -2.48. The van der Waals surface area contributed by atoms with Crippen LogP contribution in [0.25, 0.3) is 0 Å². The summed E-state index contributed by atoms with van der Waals surface area (Å²) in [7, 11) is 0. The van der Waals surface area contributed by atoms with Crippen LogP contribution < -0.4 is 5.32 Å². The van der Waals surface area contributed by atoms with Crippen LogP contribution in [0.1, 0.15) is 213 Å². The number of unbranched alkanes of at least 4 members (excludes halogenated alkanes) is 25. The highest BCUT2D eigenvalue weighted by Crippen LogP contribution is 2.33. The molecular formula is C63H113NO18. The first-order valence-electron chi connectivity index (χ1n) is 31.9. The van der Waals surface area contributed by atoms with E-state index >= 15 is 0 Å². The minimum atomic E-state index is -1.98. The fraction of sp³-hybridized carbons (Fsp3) is 0.857. The number of hydrogen-bond donors (Lipinski definition) is 12. The smallest absolute Gasteiger partial charge is 0.220 e. The van der Waals surface area contributed by atoms with E-state index in [1.165, 1.54) is 135 Å². The molecule has 12 N–H and O–H groups in total. The van der Waals surface area contributed by atoms with Crippen LogP contribution in [-0.2, 0) is 33.2 Å². The van der Waals surface area contributed by atoms with Crippen molar-refractivity contribution in [3.8, 4) is 0 Å². The van der Waals surface area contributed by atoms with E-state index in [2.05, 4.69) is 55.6 Å². The Morgan fingerprint density at radius 1 is 0.439 bits per heavy atom. The lowest BCUT2D eigenvalue weighted by Crippen LogP contribution is -2.66. The molecule has 478 valence electrons. The Bertz CT molecular complexity index is 1680. The molecule has 0 saturated carbocycles. The molecule has 19 heteroatoms. The van der Waals surface area contributed by atoms with Crippen molar-refractivity contribution in [2.75, 3.05) is 26.4 Å². The van der Waals surface area contributed by atoms with Gasteiger partial charge in [0.05, 0.1) is 38.6 Å². The molecule has 0 aromatic rings. The van der Waals surface area contributed by atoms with Gasteiger partial charge in [-0.15, -0.1) is 0 Å². The molecule has 19 nitrogen and oxygen atoms in total. The Labute approximate surface area is 491 Å². The molecule has 3 fully saturated rings. The van der Waals surface area contributed by atoms with E-state index in [1.54, 1.807) is 6.08 Å². The van der Waals surface area contributed by atoms with E-state index < -0.39 is 124 Å². The van der Waals surface area contributed by atoms with Gasteiger partial charge in [0.1, 0.15) is 73.2 Å². The second kappa shape index (κ2) is 46.0. The summed E-state index contributed by atoms with van der Waals surface area (Å²) in [6, 6.07) is -0.994. The Balaban J connectivity index is 1.40. The van der Waals surface area contributed by atoms with Gasteiger partial charge in [-0.3, -0.25) is 4.79 Å². The quantitative estimate of drug-likeness (QED) is 0.0224. The van der Waals surface area contributed by atoms with Crippen LogP contribution in [0.4, 0.5) is 0 Å². The number of hydrogen-bond acceptors (Lipinski definition) is 18. The summed E-state index contributed by atoms with van der Waals surface area (Å²) in [5.41, 5.74) is 0. The van der Waals surface area contributed by atoms with Crippen LogP contribution in [0.2, 0.25) is 0 Å². The van der Waals surface area contributed by atoms with Gasteiger partial charge in [-0.1, -0.05) is 191 Å². The van der Waals surface area contributed by atoms with Crippen LogP contribution in [0, 0.1) is 0 Å². The molecule has 0 aromatic heterocycles. The first-order chi connectivity index (χ1) is 39.8. The highest BCUT2D eigenvalue weighted by atomic mass is 16.8. The molecule has 3 saturated heterocycles. The fourth-order valence-corrected chi connectivity index (χ4v) is 10.6. The SMILES string of the molecule is CC/C=C/CC/C=C/CC/C=C/C(O)C(COC1OC(CO)C(OC2OC(CO)C(OC3OC(CO)C(O)C(O)C3O)C(O)C2O)C(O)C1O)NC(=O)CCCCCCCCCCCCCCCCC/C=C\CCCCCCCCCC. The number of aliphatic hydroxyl groups is 11. The average Bonchev–Trinajstić information content (AvgIpc) is 3.65. The standard InChI is InChI=1S/C63H113NO18/c1-3-5-7-9-11-13-15-16-17-18-19-20-21-22-23-24-25-26-27-28-29-30-31-33-35-37-39-41-51(69)64-46(47(68)40-38-36-34-32-14-12-10-8-6-4-2)45-77-61-57(75)54(72)59(49(43-66)79-61)82-63-58(76)55(73)60(50(44-67)80-63)81-62-56(74)53(71)52(70)48(42-65)78-62/h6,8,14,18-19,32,38,40,46-50,52-63,65-68,70-76H,3-5,7,9-13,15-17,20-31,33-37,39,41-45H2,1-2H3,(H,64,69)/b8-6+,19-18-,32-14+,40-38+. The maximum atomic E-state index is 13.3. The highest BCUT2D eigenvalue weighted by Gasteiger charge is 2.53. The zero-order valence-electron chi connectivity index (χ0n) is 50.0. The van der Waals surface area contributed by atoms with Gasteiger partial charge in [0.2, 0.25) is 5.91 Å². The Hall–Kier alpha value is -2.25. The Morgan fingerprint density at radius 3 is 1.28 bits per heavy atom. The number of allylic oxidation sites excluding steroid dienone is 7. The third-order valence-corrected chi connectivity index (χ3v) is 15.8. The molecule has 3 heterocycles. The van der Waals surface area contributed by atoms with Gasteiger partial charge in [0.15, 0.2) is 18.9 Å². The number of nitrogens with one attached hydrogen (secondary N) is 1. The molecule has 0 spiro atoms. The van der Waals surface area contributed by atoms with E-state index in [4.69, 9.17) is 28.4 Å². The number of amides is 1. The number of aliphatic hydroxyl groups excluding tert-OH is 11. The van der Waals surface area contributed by atoms with E-state index in [9.17, 15) is 61.0 Å². The normalized spacial score (nSPS) is 29.9. The molecule has 82 heavy (non-hydrogen) atoms. The summed E-state index contributed by atoms with van der Waals surface area (Å²) in [6.45, 7) is 1.56. The second-order valence-electron chi connectivity index (χ2n) is 22.8. The van der Waals surface area contributed by atoms with Crippen molar-refractivity contribution >= 4 is 5.91 Å². The fourth-order valence-electron chi connectivity index (χ4n) is 10.6. The second-order valence-corrected chi connectivity index (χ2v) is 22.8. The Kier molecular flexibility index (Phi) is 41.5. The number of rotatable bonds is 47. The first kappa shape index (κ1) is 74.0. The predicted octanol–water partition coefficient (Wildman–Crippen LogP) is 6.65. The number of carbonyl (C=O) groups is 1. The van der Waals surface area contributed by atoms with Gasteiger partial charge in [-0.05, 0) is 64.2 Å². The molecular weight excluding hydrogens is 1060 g/mol. The van der Waals surface area contributed by atoms with Crippen molar-refractivity contribution in [3.63, 3.8) is 0 Å². The maximum Gasteiger partial charge on any atom is 0.220 e. The summed E-state index contributed by atoms with van der Waals surface area (Å²) < 4.78 is 34.2. The summed E-state index contributed by atoms with van der Waals surface area (Å²) in [5.74, 6) is -0.292. The van der Waals surface area contributed by atoms with Crippen LogP contribution in [0.3, 0.4) is 0 Å². The minimum Gasteiger partial charge on any atom is -0.394 e. The molecule has 3 rings (SSSR count). The van der Waals surface area contributed by atoms with Crippen molar-refractivity contribution < 1.29 is 89.4 Å². The molecule has 0 aromatic carbocycles. The largest absolute Gasteiger partial charge is 0.394 e. The summed E-state index contributed by atoms with van der Waals surface area (Å²) in [4.78, 5) is 13.3. The van der Waals surface area contributed by atoms with Crippen LogP contribution in [-0.4, -0.2) is 193 Å². The van der Waals surface area contributed by atoms with Crippen molar-refractivity contribution in [3.05, 3.63) is 48.6 Å². The number of carbonyl (C=O) groups excluding carboxylic acids is 1. The molecule has 3 aliphatic rings. The summed E-state index contributed by atoms with van der Waals surface area (Å²) in [5, 5.41) is 120. The lowest BCUT2D eigenvalue weighted by atomic mass is 9.96. The van der Waals surface area contributed by atoms with E-state index in [0.717, 1.165) is 44.9 Å². The van der Waals surface area contributed by atoms with Crippen LogP contribution in [0.5, 0.6) is 0 Å². The summed E-state index contributed by atoms with van der Waals surface area (Å²) in [6.07, 6.45) is 25.6. The van der Waals surface area contributed by atoms with Gasteiger partial charge in [-0.2, -0.15) is 0 Å². The van der Waals surface area contributed by atoms with Crippen molar-refractivity contribution in [2.24, 2.45) is 0 Å². The van der Waals surface area contributed by atoms with Gasteiger partial charge in [0, 0.05) is 6.42 Å². The molecule has 3 aliphatic heterocycles. The highest BCUT2D eigenvalue weighted by molar-refractivity contribution is 5.76. The topological polar surface area (TPSA) is 307 Å². The van der Waals surface area contributed by atoms with Crippen LogP contribution in [0.15, 0.2) is 48.6 Å². The lowest BCUT2D eigenvalue weighted by molar-refractivity contribution is -0.379. The van der Waals surface area contributed by atoms with Gasteiger partial charge >= 0.3 is 0 Å². The van der Waals surface area contributed by atoms with Crippen molar-refractivity contribution in [1.82, 2.24) is 5.32 Å². The molecule has 0 radical (unpaired) electrons. The molecule has 0 bridgehead atoms. The Morgan fingerprint density at radius 2 is 0.817 bits per heavy atom.